The minimum absolute atomic E-state index is 0.114. The zero-order valence-corrected chi connectivity index (χ0v) is 19.0. The number of fused-ring (bicyclic) bond motifs is 1. The van der Waals surface area contributed by atoms with Gasteiger partial charge in [-0.2, -0.15) is 13.2 Å². The molecular weight excluding hydrogens is 455 g/mol. The van der Waals surface area contributed by atoms with Gasteiger partial charge in [0.25, 0.3) is 0 Å². The Morgan fingerprint density at radius 3 is 2.55 bits per heavy atom. The summed E-state index contributed by atoms with van der Waals surface area (Å²) < 4.78 is 38.9. The zero-order valence-electron chi connectivity index (χ0n) is 18.2. The number of alkyl halides is 3. The number of halogens is 4. The standard InChI is InChI=1S/C24H25ClF3N3O2/c1-15(32)31-9-3-2-4-22(31)23(33)29-20-8-6-17(21(25)11-20)13-30-12-16-5-7-19(24(26,27)28)10-18(16)14-30/h5-8,10-11,22H,2-4,9,12-14H2,1H3,(H,29,33)/t22-/m1/s1. The Balaban J connectivity index is 1.40. The Morgan fingerprint density at radius 2 is 1.85 bits per heavy atom. The molecule has 1 atom stereocenters. The molecule has 0 spiro atoms. The van der Waals surface area contributed by atoms with Crippen molar-refractivity contribution in [2.45, 2.75) is 58.0 Å². The third kappa shape index (κ3) is 5.33. The number of carbonyl (C=O) groups excluding carboxylic acids is 2. The second kappa shape index (κ2) is 9.35. The van der Waals surface area contributed by atoms with Crippen LogP contribution in [0.1, 0.15) is 48.4 Å². The van der Waals surface area contributed by atoms with Crippen LogP contribution in [0.2, 0.25) is 5.02 Å². The molecule has 5 nitrogen and oxygen atoms in total. The molecule has 33 heavy (non-hydrogen) atoms. The predicted molar refractivity (Wildman–Crippen MR) is 120 cm³/mol. The second-order valence-corrected chi connectivity index (χ2v) is 9.05. The highest BCUT2D eigenvalue weighted by atomic mass is 35.5. The van der Waals surface area contributed by atoms with Gasteiger partial charge in [-0.15, -0.1) is 0 Å². The van der Waals surface area contributed by atoms with Gasteiger partial charge in [0.05, 0.1) is 5.56 Å². The van der Waals surface area contributed by atoms with Crippen LogP contribution >= 0.6 is 11.6 Å². The first-order valence-corrected chi connectivity index (χ1v) is 11.3. The summed E-state index contributed by atoms with van der Waals surface area (Å²) in [5, 5.41) is 3.32. The summed E-state index contributed by atoms with van der Waals surface area (Å²) >= 11 is 6.46. The van der Waals surface area contributed by atoms with Crippen LogP contribution in [0.5, 0.6) is 0 Å². The molecule has 2 aromatic carbocycles. The van der Waals surface area contributed by atoms with Crippen molar-refractivity contribution in [3.63, 3.8) is 0 Å². The van der Waals surface area contributed by atoms with E-state index in [4.69, 9.17) is 11.6 Å². The topological polar surface area (TPSA) is 52.7 Å². The van der Waals surface area contributed by atoms with Crippen LogP contribution in [0.4, 0.5) is 18.9 Å². The number of piperidine rings is 1. The summed E-state index contributed by atoms with van der Waals surface area (Å²) in [6.07, 6.45) is -1.94. The maximum absolute atomic E-state index is 13.0. The molecule has 1 fully saturated rings. The van der Waals surface area contributed by atoms with E-state index >= 15 is 0 Å². The van der Waals surface area contributed by atoms with E-state index in [2.05, 4.69) is 5.32 Å². The van der Waals surface area contributed by atoms with Gasteiger partial charge in [-0.25, -0.2) is 0 Å². The molecule has 0 radical (unpaired) electrons. The number of nitrogens with zero attached hydrogens (tertiary/aromatic N) is 2. The quantitative estimate of drug-likeness (QED) is 0.654. The Bertz CT molecular complexity index is 1070. The largest absolute Gasteiger partial charge is 0.416 e. The van der Waals surface area contributed by atoms with Crippen molar-refractivity contribution in [3.8, 4) is 0 Å². The summed E-state index contributed by atoms with van der Waals surface area (Å²) in [6.45, 7) is 3.49. The Morgan fingerprint density at radius 1 is 1.09 bits per heavy atom. The van der Waals surface area contributed by atoms with Crippen molar-refractivity contribution in [1.82, 2.24) is 9.80 Å². The lowest BCUT2D eigenvalue weighted by Crippen LogP contribution is -2.49. The summed E-state index contributed by atoms with van der Waals surface area (Å²) in [5.41, 5.74) is 2.28. The normalized spacial score (nSPS) is 18.8. The second-order valence-electron chi connectivity index (χ2n) is 8.65. The number of carbonyl (C=O) groups is 2. The molecule has 2 aliphatic rings. The van der Waals surface area contributed by atoms with E-state index in [9.17, 15) is 22.8 Å². The van der Waals surface area contributed by atoms with Crippen molar-refractivity contribution in [2.24, 2.45) is 0 Å². The summed E-state index contributed by atoms with van der Waals surface area (Å²) in [4.78, 5) is 28.2. The molecule has 0 aliphatic carbocycles. The van der Waals surface area contributed by atoms with E-state index in [1.54, 1.807) is 17.0 Å². The highest BCUT2D eigenvalue weighted by Gasteiger charge is 2.33. The van der Waals surface area contributed by atoms with Crippen molar-refractivity contribution in [3.05, 3.63) is 63.7 Å². The van der Waals surface area contributed by atoms with Crippen molar-refractivity contribution in [1.29, 1.82) is 0 Å². The van der Waals surface area contributed by atoms with Gasteiger partial charge in [0.15, 0.2) is 0 Å². The first-order chi connectivity index (χ1) is 15.6. The van der Waals surface area contributed by atoms with Crippen LogP contribution in [-0.4, -0.2) is 34.2 Å². The third-order valence-corrected chi connectivity index (χ3v) is 6.60. The molecule has 176 valence electrons. The maximum Gasteiger partial charge on any atom is 0.416 e. The Kier molecular flexibility index (Phi) is 6.68. The molecule has 2 aromatic rings. The van der Waals surface area contributed by atoms with Gasteiger partial charge < -0.3 is 10.2 Å². The number of hydrogen-bond donors (Lipinski definition) is 1. The van der Waals surface area contributed by atoms with Crippen LogP contribution in [0.15, 0.2) is 36.4 Å². The first-order valence-electron chi connectivity index (χ1n) is 10.9. The molecule has 1 N–H and O–H groups in total. The highest BCUT2D eigenvalue weighted by molar-refractivity contribution is 6.31. The number of rotatable bonds is 4. The lowest BCUT2D eigenvalue weighted by Gasteiger charge is -2.33. The minimum Gasteiger partial charge on any atom is -0.331 e. The van der Waals surface area contributed by atoms with Crippen molar-refractivity contribution < 1.29 is 22.8 Å². The molecule has 1 saturated heterocycles. The maximum atomic E-state index is 13.0. The monoisotopic (exact) mass is 479 g/mol. The first kappa shape index (κ1) is 23.6. The fraction of sp³-hybridized carbons (Fsp3) is 0.417. The SMILES string of the molecule is CC(=O)N1CCCC[C@@H]1C(=O)Nc1ccc(CN2Cc3ccc(C(F)(F)F)cc3C2)c(Cl)c1. The van der Waals surface area contributed by atoms with Gasteiger partial charge >= 0.3 is 6.18 Å². The van der Waals surface area contributed by atoms with Gasteiger partial charge in [0.2, 0.25) is 11.8 Å². The number of anilines is 1. The van der Waals surface area contributed by atoms with E-state index < -0.39 is 17.8 Å². The van der Waals surface area contributed by atoms with Crippen molar-refractivity contribution >= 4 is 29.1 Å². The van der Waals surface area contributed by atoms with E-state index in [1.807, 2.05) is 11.0 Å². The number of likely N-dealkylation sites (tertiary alicyclic amines) is 1. The number of hydrogen-bond acceptors (Lipinski definition) is 3. The van der Waals surface area contributed by atoms with Gasteiger partial charge in [0.1, 0.15) is 6.04 Å². The molecule has 2 amide bonds. The summed E-state index contributed by atoms with van der Waals surface area (Å²) in [5.74, 6) is -0.346. The minimum atomic E-state index is -4.36. The summed E-state index contributed by atoms with van der Waals surface area (Å²) in [7, 11) is 0. The van der Waals surface area contributed by atoms with E-state index in [-0.39, 0.29) is 11.8 Å². The van der Waals surface area contributed by atoms with Crippen molar-refractivity contribution in [2.75, 3.05) is 11.9 Å². The average Bonchev–Trinajstić information content (AvgIpc) is 3.16. The van der Waals surface area contributed by atoms with Gasteiger partial charge in [-0.1, -0.05) is 23.7 Å². The highest BCUT2D eigenvalue weighted by Crippen LogP contribution is 2.34. The number of benzene rings is 2. The van der Waals surface area contributed by atoms with Gasteiger partial charge in [-0.3, -0.25) is 14.5 Å². The smallest absolute Gasteiger partial charge is 0.331 e. The molecule has 0 aromatic heterocycles. The molecule has 2 heterocycles. The van der Waals surface area contributed by atoms with Crippen LogP contribution in [0.3, 0.4) is 0 Å². The van der Waals surface area contributed by atoms with Crippen LogP contribution in [0, 0.1) is 0 Å². The fourth-order valence-electron chi connectivity index (χ4n) is 4.55. The van der Waals surface area contributed by atoms with E-state index in [0.717, 1.165) is 30.0 Å². The third-order valence-electron chi connectivity index (χ3n) is 6.25. The van der Waals surface area contributed by atoms with Crippen LogP contribution in [-0.2, 0) is 35.4 Å². The lowest BCUT2D eigenvalue weighted by atomic mass is 10.0. The fourth-order valence-corrected chi connectivity index (χ4v) is 4.79. The molecular formula is C24H25ClF3N3O2. The van der Waals surface area contributed by atoms with Gasteiger partial charge in [0, 0.05) is 43.8 Å². The molecule has 4 rings (SSSR count). The number of amides is 2. The lowest BCUT2D eigenvalue weighted by molar-refractivity contribution is -0.138. The zero-order chi connectivity index (χ0) is 23.8. The predicted octanol–water partition coefficient (Wildman–Crippen LogP) is 5.21. The van der Waals surface area contributed by atoms with E-state index in [0.29, 0.717) is 48.9 Å². The van der Waals surface area contributed by atoms with Crippen LogP contribution < -0.4 is 5.32 Å². The van der Waals surface area contributed by atoms with Gasteiger partial charge in [-0.05, 0) is 60.2 Å². The number of nitrogens with one attached hydrogen (secondary N) is 1. The molecule has 0 bridgehead atoms. The molecule has 0 unspecified atom stereocenters. The average molecular weight is 480 g/mol. The summed E-state index contributed by atoms with van der Waals surface area (Å²) in [6, 6.07) is 8.61. The Hall–Kier alpha value is -2.58. The molecule has 9 heteroatoms. The van der Waals surface area contributed by atoms with E-state index in [1.165, 1.54) is 19.1 Å². The molecule has 0 saturated carbocycles. The molecule has 2 aliphatic heterocycles. The Labute approximate surface area is 195 Å². The van der Waals surface area contributed by atoms with Crippen LogP contribution in [0.25, 0.3) is 0 Å².